The molecular weight excluding hydrogens is 506 g/mol. The zero-order valence-corrected chi connectivity index (χ0v) is 23.7. The molecule has 0 radical (unpaired) electrons. The summed E-state index contributed by atoms with van der Waals surface area (Å²) in [6.45, 7) is 8.77. The van der Waals surface area contributed by atoms with E-state index in [1.165, 1.54) is 11.1 Å². The lowest BCUT2D eigenvalue weighted by Gasteiger charge is -2.42. The molecule has 0 aliphatic carbocycles. The SMILES string of the molecule is CC1(C)c2ccccc2N(N)c2ccc(-c3ccc(N4c5ccc(O)cc5C(C)(C)c5cc(O)ccc54)cc3)cc21. The van der Waals surface area contributed by atoms with Crippen LogP contribution < -0.4 is 15.8 Å². The Bertz CT molecular complexity index is 1780. The number of benzene rings is 5. The smallest absolute Gasteiger partial charge is 0.116 e. The van der Waals surface area contributed by atoms with Gasteiger partial charge in [0.1, 0.15) is 11.5 Å². The molecule has 204 valence electrons. The van der Waals surface area contributed by atoms with E-state index in [0.717, 1.165) is 50.7 Å². The standard InChI is InChI=1S/C36H33N3O2/c1-35(2)27-7-5-6-8-33(27)39(37)34-16-11-23(19-28(34)35)22-9-12-24(13-10-22)38-31-17-14-25(40)20-29(31)36(3,4)30-21-26(41)15-18-32(30)38/h5-21,40-41H,37H2,1-4H3. The third-order valence-electron chi connectivity index (χ3n) is 9.01. The van der Waals surface area contributed by atoms with Crippen LogP contribution in [0.25, 0.3) is 11.1 Å². The Kier molecular flexibility index (Phi) is 5.31. The van der Waals surface area contributed by atoms with Gasteiger partial charge in [-0.1, -0.05) is 64.1 Å². The van der Waals surface area contributed by atoms with Crippen molar-refractivity contribution >= 4 is 28.4 Å². The van der Waals surface area contributed by atoms with Gasteiger partial charge in [0.2, 0.25) is 0 Å². The van der Waals surface area contributed by atoms with E-state index < -0.39 is 5.41 Å². The number of phenolic OH excluding ortho intramolecular Hbond substituents is 2. The topological polar surface area (TPSA) is 73.0 Å². The normalized spacial score (nSPS) is 15.9. The van der Waals surface area contributed by atoms with Crippen molar-refractivity contribution in [3.8, 4) is 22.6 Å². The van der Waals surface area contributed by atoms with E-state index in [1.54, 1.807) is 17.1 Å². The van der Waals surface area contributed by atoms with Gasteiger partial charge in [-0.15, -0.1) is 0 Å². The lowest BCUT2D eigenvalue weighted by Crippen LogP contribution is -2.36. The van der Waals surface area contributed by atoms with Crippen LogP contribution in [0.4, 0.5) is 28.4 Å². The second-order valence-corrected chi connectivity index (χ2v) is 12.2. The third kappa shape index (κ3) is 3.66. The van der Waals surface area contributed by atoms with E-state index in [9.17, 15) is 10.2 Å². The van der Waals surface area contributed by atoms with Gasteiger partial charge in [0.25, 0.3) is 0 Å². The molecule has 2 heterocycles. The van der Waals surface area contributed by atoms with Crippen LogP contribution in [0.1, 0.15) is 49.9 Å². The maximum absolute atomic E-state index is 10.4. The lowest BCUT2D eigenvalue weighted by molar-refractivity contribution is 0.469. The van der Waals surface area contributed by atoms with Crippen molar-refractivity contribution in [2.75, 3.05) is 9.91 Å². The average Bonchev–Trinajstić information content (AvgIpc) is 2.97. The Balaban J connectivity index is 1.31. The highest BCUT2D eigenvalue weighted by atomic mass is 16.3. The number of para-hydroxylation sites is 1. The summed E-state index contributed by atoms with van der Waals surface area (Å²) in [4.78, 5) is 2.21. The Labute approximate surface area is 240 Å². The molecule has 4 N–H and O–H groups in total. The quantitative estimate of drug-likeness (QED) is 0.196. The molecule has 0 atom stereocenters. The molecule has 0 spiro atoms. The van der Waals surface area contributed by atoms with Gasteiger partial charge in [0.05, 0.1) is 22.7 Å². The van der Waals surface area contributed by atoms with Crippen LogP contribution in [0.2, 0.25) is 0 Å². The van der Waals surface area contributed by atoms with E-state index in [-0.39, 0.29) is 16.9 Å². The largest absolute Gasteiger partial charge is 0.508 e. The number of nitrogens with zero attached hydrogens (tertiary/aromatic N) is 2. The highest BCUT2D eigenvalue weighted by Crippen LogP contribution is 2.53. The summed E-state index contributed by atoms with van der Waals surface area (Å²) < 4.78 is 0. The van der Waals surface area contributed by atoms with Crippen molar-refractivity contribution < 1.29 is 10.2 Å². The first kappa shape index (κ1) is 25.2. The summed E-state index contributed by atoms with van der Waals surface area (Å²) in [6.07, 6.45) is 0. The number of phenols is 2. The van der Waals surface area contributed by atoms with E-state index >= 15 is 0 Å². The fourth-order valence-corrected chi connectivity index (χ4v) is 6.71. The Hall–Kier alpha value is -4.74. The van der Waals surface area contributed by atoms with Gasteiger partial charge in [0, 0.05) is 16.5 Å². The minimum atomic E-state index is -0.399. The number of fused-ring (bicyclic) bond motifs is 4. The van der Waals surface area contributed by atoms with Gasteiger partial charge in [-0.2, -0.15) is 0 Å². The molecule has 5 nitrogen and oxygen atoms in total. The number of nitrogens with two attached hydrogens (primary N) is 1. The molecule has 0 aromatic heterocycles. The molecule has 7 rings (SSSR count). The molecular formula is C36H33N3O2. The highest BCUT2D eigenvalue weighted by Gasteiger charge is 2.38. The number of anilines is 5. The van der Waals surface area contributed by atoms with Crippen LogP contribution in [0.5, 0.6) is 11.5 Å². The van der Waals surface area contributed by atoms with Crippen molar-refractivity contribution in [1.82, 2.24) is 0 Å². The molecule has 5 heteroatoms. The summed E-state index contributed by atoms with van der Waals surface area (Å²) in [5.74, 6) is 7.04. The van der Waals surface area contributed by atoms with Crippen molar-refractivity contribution in [1.29, 1.82) is 0 Å². The van der Waals surface area contributed by atoms with Gasteiger partial charge in [-0.3, -0.25) is 5.01 Å². The number of rotatable bonds is 2. The van der Waals surface area contributed by atoms with Crippen LogP contribution >= 0.6 is 0 Å². The lowest BCUT2D eigenvalue weighted by atomic mass is 9.73. The van der Waals surface area contributed by atoms with Gasteiger partial charge < -0.3 is 15.1 Å². The minimum absolute atomic E-state index is 0.192. The molecule has 0 bridgehead atoms. The molecule has 0 amide bonds. The molecule has 5 aromatic rings. The third-order valence-corrected chi connectivity index (χ3v) is 9.01. The number of hydrogen-bond donors (Lipinski definition) is 3. The van der Waals surface area contributed by atoms with Gasteiger partial charge in [-0.25, -0.2) is 5.84 Å². The molecule has 0 saturated carbocycles. The van der Waals surface area contributed by atoms with Gasteiger partial charge >= 0.3 is 0 Å². The highest BCUT2D eigenvalue weighted by molar-refractivity contribution is 5.87. The first-order valence-corrected chi connectivity index (χ1v) is 13.9. The second kappa shape index (κ2) is 8.63. The van der Waals surface area contributed by atoms with E-state index in [1.807, 2.05) is 30.3 Å². The van der Waals surface area contributed by atoms with Gasteiger partial charge in [0.15, 0.2) is 0 Å². The molecule has 2 aliphatic heterocycles. The molecule has 41 heavy (non-hydrogen) atoms. The molecule has 2 aliphatic rings. The molecule has 0 saturated heterocycles. The molecule has 5 aromatic carbocycles. The number of hydrazine groups is 1. The molecule has 0 fully saturated rings. The zero-order chi connectivity index (χ0) is 28.7. The Morgan fingerprint density at radius 2 is 1.00 bits per heavy atom. The van der Waals surface area contributed by atoms with Crippen LogP contribution in [-0.4, -0.2) is 10.2 Å². The zero-order valence-electron chi connectivity index (χ0n) is 23.7. The summed E-state index contributed by atoms with van der Waals surface area (Å²) in [7, 11) is 0. The summed E-state index contributed by atoms with van der Waals surface area (Å²) in [5.41, 5.74) is 11.1. The summed E-state index contributed by atoms with van der Waals surface area (Å²) in [6, 6.07) is 34.5. The first-order valence-electron chi connectivity index (χ1n) is 13.9. The Morgan fingerprint density at radius 3 is 1.63 bits per heavy atom. The van der Waals surface area contributed by atoms with Crippen molar-refractivity contribution in [3.05, 3.63) is 125 Å². The predicted molar refractivity (Wildman–Crippen MR) is 167 cm³/mol. The summed E-state index contributed by atoms with van der Waals surface area (Å²) >= 11 is 0. The van der Waals surface area contributed by atoms with E-state index in [2.05, 4.69) is 93.3 Å². The fourth-order valence-electron chi connectivity index (χ4n) is 6.71. The van der Waals surface area contributed by atoms with Crippen molar-refractivity contribution in [2.45, 2.75) is 38.5 Å². The van der Waals surface area contributed by atoms with Crippen LogP contribution in [0, 0.1) is 0 Å². The first-order chi connectivity index (χ1) is 19.6. The van der Waals surface area contributed by atoms with Crippen molar-refractivity contribution in [2.24, 2.45) is 5.84 Å². The minimum Gasteiger partial charge on any atom is -0.508 e. The predicted octanol–water partition coefficient (Wildman–Crippen LogP) is 8.53. The number of aromatic hydroxyl groups is 2. The number of hydrogen-bond acceptors (Lipinski definition) is 5. The van der Waals surface area contributed by atoms with E-state index in [4.69, 9.17) is 5.84 Å². The average molecular weight is 540 g/mol. The van der Waals surface area contributed by atoms with Crippen LogP contribution in [0.3, 0.4) is 0 Å². The Morgan fingerprint density at radius 1 is 0.512 bits per heavy atom. The second-order valence-electron chi connectivity index (χ2n) is 12.2. The molecule has 0 unspecified atom stereocenters. The van der Waals surface area contributed by atoms with Crippen molar-refractivity contribution in [3.63, 3.8) is 0 Å². The van der Waals surface area contributed by atoms with Crippen LogP contribution in [0.15, 0.2) is 103 Å². The van der Waals surface area contributed by atoms with E-state index in [0.29, 0.717) is 0 Å². The van der Waals surface area contributed by atoms with Gasteiger partial charge in [-0.05, 0) is 100 Å². The maximum Gasteiger partial charge on any atom is 0.116 e. The summed E-state index contributed by atoms with van der Waals surface area (Å²) in [5, 5.41) is 22.5. The fraction of sp³-hybridized carbons (Fsp3) is 0.167. The maximum atomic E-state index is 10.4. The van der Waals surface area contributed by atoms with Crippen LogP contribution in [-0.2, 0) is 10.8 Å². The monoisotopic (exact) mass is 539 g/mol.